The molecule has 0 aliphatic carbocycles. The fourth-order valence-corrected chi connectivity index (χ4v) is 2.94. The number of nitrogens with zero attached hydrogens (tertiary/aromatic N) is 2. The predicted octanol–water partition coefficient (Wildman–Crippen LogP) is 3.31. The lowest BCUT2D eigenvalue weighted by molar-refractivity contribution is 0.0950. The van der Waals surface area contributed by atoms with Crippen LogP contribution in [-0.2, 0) is 0 Å². The molecule has 0 fully saturated rings. The van der Waals surface area contributed by atoms with Crippen molar-refractivity contribution >= 4 is 23.0 Å². The highest BCUT2D eigenvalue weighted by molar-refractivity contribution is 7.15. The van der Waals surface area contributed by atoms with Crippen molar-refractivity contribution in [1.82, 2.24) is 15.6 Å². The summed E-state index contributed by atoms with van der Waals surface area (Å²) in [4.78, 5) is 14.4. The van der Waals surface area contributed by atoms with Gasteiger partial charge in [0.05, 0.1) is 16.3 Å². The zero-order valence-corrected chi connectivity index (χ0v) is 14.0. The van der Waals surface area contributed by atoms with Crippen molar-refractivity contribution in [2.75, 3.05) is 0 Å². The number of benzene rings is 1. The monoisotopic (exact) mass is 340 g/mol. The first kappa shape index (κ1) is 15.9. The predicted molar refractivity (Wildman–Crippen MR) is 94.4 cm³/mol. The van der Waals surface area contributed by atoms with Crippen molar-refractivity contribution in [1.29, 1.82) is 0 Å². The molecule has 3 aromatic rings. The number of carbonyl (C=O) groups is 1. The highest BCUT2D eigenvalue weighted by atomic mass is 32.1. The molecule has 3 N–H and O–H groups in total. The molecule has 0 unspecified atom stereocenters. The standard InChI is InChI=1S/C17H16N4O2S/c1-10-3-8-16(24-10)14-9-15(20-19-14)17(23)21-18-11(2)12-4-6-13(22)7-5-12/h3-9,22H,1-2H3,(H,19,20)(H,21,23)/b18-11-. The van der Waals surface area contributed by atoms with Crippen molar-refractivity contribution in [3.8, 4) is 16.3 Å². The summed E-state index contributed by atoms with van der Waals surface area (Å²) in [5.74, 6) is -0.202. The quantitative estimate of drug-likeness (QED) is 0.503. The van der Waals surface area contributed by atoms with Crippen LogP contribution in [0.1, 0.15) is 27.9 Å². The average molecular weight is 340 g/mol. The van der Waals surface area contributed by atoms with Gasteiger partial charge < -0.3 is 5.11 Å². The molecule has 0 saturated carbocycles. The van der Waals surface area contributed by atoms with Gasteiger partial charge in [-0.1, -0.05) is 0 Å². The molecule has 6 nitrogen and oxygen atoms in total. The van der Waals surface area contributed by atoms with E-state index in [2.05, 4.69) is 20.7 Å². The largest absolute Gasteiger partial charge is 0.508 e. The van der Waals surface area contributed by atoms with Gasteiger partial charge in [0.1, 0.15) is 5.75 Å². The number of aromatic hydroxyl groups is 1. The fourth-order valence-electron chi connectivity index (χ4n) is 2.10. The Hall–Kier alpha value is -2.93. The number of thiophene rings is 1. The van der Waals surface area contributed by atoms with E-state index in [1.807, 2.05) is 19.1 Å². The number of rotatable bonds is 4. The summed E-state index contributed by atoms with van der Waals surface area (Å²) in [5.41, 5.74) is 5.01. The maximum atomic E-state index is 12.1. The van der Waals surface area contributed by atoms with Crippen LogP contribution in [0.15, 0.2) is 47.6 Å². The molecular weight excluding hydrogens is 324 g/mol. The van der Waals surface area contributed by atoms with E-state index in [0.29, 0.717) is 5.71 Å². The second-order valence-electron chi connectivity index (χ2n) is 5.26. The number of aryl methyl sites for hydroxylation is 1. The number of aromatic amines is 1. The molecule has 0 aliphatic rings. The highest BCUT2D eigenvalue weighted by Gasteiger charge is 2.12. The number of amides is 1. The highest BCUT2D eigenvalue weighted by Crippen LogP contribution is 2.26. The minimum atomic E-state index is -0.385. The Morgan fingerprint density at radius 2 is 2.00 bits per heavy atom. The number of hydrogen-bond acceptors (Lipinski definition) is 5. The molecule has 0 atom stereocenters. The van der Waals surface area contributed by atoms with Gasteiger partial charge in [-0.2, -0.15) is 10.2 Å². The maximum Gasteiger partial charge on any atom is 0.291 e. The lowest BCUT2D eigenvalue weighted by Gasteiger charge is -2.01. The van der Waals surface area contributed by atoms with Crippen molar-refractivity contribution in [2.24, 2.45) is 5.10 Å². The number of nitrogens with one attached hydrogen (secondary N) is 2. The molecule has 2 heterocycles. The average Bonchev–Trinajstić information content (AvgIpc) is 3.22. The number of hydrogen-bond donors (Lipinski definition) is 3. The first-order valence-corrected chi connectivity index (χ1v) is 8.11. The second-order valence-corrected chi connectivity index (χ2v) is 6.55. The Morgan fingerprint density at radius 1 is 1.25 bits per heavy atom. The van der Waals surface area contributed by atoms with E-state index >= 15 is 0 Å². The van der Waals surface area contributed by atoms with E-state index in [-0.39, 0.29) is 17.4 Å². The zero-order chi connectivity index (χ0) is 17.1. The van der Waals surface area contributed by atoms with Crippen LogP contribution in [0.5, 0.6) is 5.75 Å². The van der Waals surface area contributed by atoms with Crippen molar-refractivity contribution in [3.05, 3.63) is 58.6 Å². The van der Waals surface area contributed by atoms with Gasteiger partial charge in [0, 0.05) is 4.88 Å². The minimum Gasteiger partial charge on any atom is -0.508 e. The van der Waals surface area contributed by atoms with Gasteiger partial charge in [-0.05, 0) is 61.9 Å². The van der Waals surface area contributed by atoms with E-state index in [1.54, 1.807) is 48.6 Å². The molecule has 1 amide bonds. The molecule has 122 valence electrons. The molecule has 0 aliphatic heterocycles. The third-order valence-corrected chi connectivity index (χ3v) is 4.46. The first-order chi connectivity index (χ1) is 11.5. The molecule has 3 rings (SSSR count). The van der Waals surface area contributed by atoms with Gasteiger partial charge in [0.15, 0.2) is 5.69 Å². The second kappa shape index (κ2) is 6.67. The first-order valence-electron chi connectivity index (χ1n) is 7.29. The van der Waals surface area contributed by atoms with Gasteiger partial charge in [0.2, 0.25) is 0 Å². The SMILES string of the molecule is C/C(=N/NC(=O)c1cc(-c2ccc(C)s2)[nH]n1)c1ccc(O)cc1. The smallest absolute Gasteiger partial charge is 0.291 e. The zero-order valence-electron chi connectivity index (χ0n) is 13.2. The van der Waals surface area contributed by atoms with Crippen LogP contribution in [-0.4, -0.2) is 26.9 Å². The van der Waals surface area contributed by atoms with E-state index < -0.39 is 0 Å². The fraction of sp³-hybridized carbons (Fsp3) is 0.118. The number of carbonyl (C=O) groups excluding carboxylic acids is 1. The Kier molecular flexibility index (Phi) is 4.43. The summed E-state index contributed by atoms with van der Waals surface area (Å²) in [6, 6.07) is 12.3. The third kappa shape index (κ3) is 3.52. The normalized spacial score (nSPS) is 11.5. The van der Waals surface area contributed by atoms with Crippen LogP contribution in [0.3, 0.4) is 0 Å². The number of H-pyrrole nitrogens is 1. The molecule has 0 saturated heterocycles. The van der Waals surface area contributed by atoms with E-state index in [9.17, 15) is 9.90 Å². The van der Waals surface area contributed by atoms with Gasteiger partial charge >= 0.3 is 0 Å². The molecule has 7 heteroatoms. The number of phenolic OH excluding ortho intramolecular Hbond substituents is 1. The topological polar surface area (TPSA) is 90.4 Å². The number of phenols is 1. The number of aromatic nitrogens is 2. The van der Waals surface area contributed by atoms with Gasteiger partial charge in [0.25, 0.3) is 5.91 Å². The van der Waals surface area contributed by atoms with Gasteiger partial charge in [-0.15, -0.1) is 11.3 Å². The van der Waals surface area contributed by atoms with Crippen LogP contribution in [0.25, 0.3) is 10.6 Å². The van der Waals surface area contributed by atoms with Crippen molar-refractivity contribution in [3.63, 3.8) is 0 Å². The van der Waals surface area contributed by atoms with Crippen LogP contribution >= 0.6 is 11.3 Å². The molecule has 0 bridgehead atoms. The summed E-state index contributed by atoms with van der Waals surface area (Å²) < 4.78 is 0. The van der Waals surface area contributed by atoms with Crippen LogP contribution in [0, 0.1) is 6.92 Å². The minimum absolute atomic E-state index is 0.184. The molecule has 2 aromatic heterocycles. The van der Waals surface area contributed by atoms with E-state index in [1.165, 1.54) is 4.88 Å². The van der Waals surface area contributed by atoms with Crippen molar-refractivity contribution < 1.29 is 9.90 Å². The van der Waals surface area contributed by atoms with Crippen molar-refractivity contribution in [2.45, 2.75) is 13.8 Å². The lowest BCUT2D eigenvalue weighted by Crippen LogP contribution is -2.19. The molecule has 0 spiro atoms. The third-order valence-electron chi connectivity index (χ3n) is 3.43. The van der Waals surface area contributed by atoms with Crippen LogP contribution in [0.2, 0.25) is 0 Å². The summed E-state index contributed by atoms with van der Waals surface area (Å²) >= 11 is 1.63. The summed E-state index contributed by atoms with van der Waals surface area (Å²) in [6.07, 6.45) is 0. The van der Waals surface area contributed by atoms with E-state index in [4.69, 9.17) is 0 Å². The number of hydrazone groups is 1. The van der Waals surface area contributed by atoms with Gasteiger partial charge in [-0.3, -0.25) is 9.89 Å². The Labute approximate surface area is 142 Å². The van der Waals surface area contributed by atoms with E-state index in [0.717, 1.165) is 16.1 Å². The van der Waals surface area contributed by atoms with Crippen LogP contribution < -0.4 is 5.43 Å². The molecule has 24 heavy (non-hydrogen) atoms. The molecular formula is C17H16N4O2S. The Morgan fingerprint density at radius 3 is 2.67 bits per heavy atom. The molecule has 1 aromatic carbocycles. The summed E-state index contributed by atoms with van der Waals surface area (Å²) in [5, 5.41) is 20.2. The Balaban J connectivity index is 1.70. The molecule has 0 radical (unpaired) electrons. The lowest BCUT2D eigenvalue weighted by atomic mass is 10.1. The maximum absolute atomic E-state index is 12.1. The summed E-state index contributed by atoms with van der Waals surface area (Å²) in [6.45, 7) is 3.80. The van der Waals surface area contributed by atoms with Gasteiger partial charge in [-0.25, -0.2) is 5.43 Å². The van der Waals surface area contributed by atoms with Crippen LogP contribution in [0.4, 0.5) is 0 Å². The Bertz CT molecular complexity index is 893. The summed E-state index contributed by atoms with van der Waals surface area (Å²) in [7, 11) is 0.